The Hall–Kier alpha value is -1.74. The lowest BCUT2D eigenvalue weighted by atomic mass is 10.0. The van der Waals surface area contributed by atoms with E-state index in [4.69, 9.17) is 0 Å². The van der Waals surface area contributed by atoms with Gasteiger partial charge in [-0.25, -0.2) is 0 Å². The van der Waals surface area contributed by atoms with Gasteiger partial charge in [-0.1, -0.05) is 13.0 Å². The Kier molecular flexibility index (Phi) is 4.42. The molecule has 0 saturated carbocycles. The third-order valence-electron chi connectivity index (χ3n) is 3.15. The third-order valence-corrected chi connectivity index (χ3v) is 3.15. The van der Waals surface area contributed by atoms with Gasteiger partial charge in [-0.2, -0.15) is 0 Å². The molecule has 0 aliphatic rings. The van der Waals surface area contributed by atoms with E-state index >= 15 is 0 Å². The molecule has 0 radical (unpaired) electrons. The molecule has 2 aromatic heterocycles. The van der Waals surface area contributed by atoms with Crippen LogP contribution in [0, 0.1) is 0 Å². The van der Waals surface area contributed by atoms with Crippen LogP contribution in [0.4, 0.5) is 0 Å². The summed E-state index contributed by atoms with van der Waals surface area (Å²) in [6, 6.07) is 10.6. The van der Waals surface area contributed by atoms with Gasteiger partial charge in [0, 0.05) is 31.2 Å². The molecule has 0 aliphatic heterocycles. The van der Waals surface area contributed by atoms with Crippen LogP contribution in [-0.4, -0.2) is 21.9 Å². The first-order valence-electron chi connectivity index (χ1n) is 6.31. The largest absolute Gasteiger partial charge is 0.294 e. The lowest BCUT2D eigenvalue weighted by Crippen LogP contribution is -2.24. The van der Waals surface area contributed by atoms with Crippen molar-refractivity contribution in [1.29, 1.82) is 0 Å². The first-order chi connectivity index (χ1) is 8.81. The highest BCUT2D eigenvalue weighted by atomic mass is 15.1. The van der Waals surface area contributed by atoms with E-state index < -0.39 is 0 Å². The monoisotopic (exact) mass is 241 g/mol. The number of rotatable bonds is 5. The first-order valence-corrected chi connectivity index (χ1v) is 6.31. The van der Waals surface area contributed by atoms with Crippen LogP contribution in [0.15, 0.2) is 48.9 Å². The summed E-state index contributed by atoms with van der Waals surface area (Å²) in [6.45, 7) is 3.07. The zero-order valence-corrected chi connectivity index (χ0v) is 11.0. The molecule has 0 bridgehead atoms. The minimum atomic E-state index is 0.412. The molecule has 3 heteroatoms. The van der Waals surface area contributed by atoms with Crippen molar-refractivity contribution >= 4 is 0 Å². The molecule has 0 aromatic carbocycles. The average molecular weight is 241 g/mol. The molecule has 0 spiro atoms. The van der Waals surface area contributed by atoms with Crippen LogP contribution in [0.2, 0.25) is 0 Å². The summed E-state index contributed by atoms with van der Waals surface area (Å²) in [5.41, 5.74) is 2.42. The predicted octanol–water partition coefficient (Wildman–Crippen LogP) is 3.06. The van der Waals surface area contributed by atoms with Gasteiger partial charge < -0.3 is 0 Å². The maximum Gasteiger partial charge on any atom is 0.0544 e. The van der Waals surface area contributed by atoms with Crippen molar-refractivity contribution < 1.29 is 0 Å². The number of hydrogen-bond acceptors (Lipinski definition) is 3. The Morgan fingerprint density at radius 3 is 2.50 bits per heavy atom. The normalized spacial score (nSPS) is 12.6. The molecule has 2 aromatic rings. The Bertz CT molecular complexity index is 456. The van der Waals surface area contributed by atoms with Gasteiger partial charge in [0.1, 0.15) is 0 Å². The lowest BCUT2D eigenvalue weighted by Gasteiger charge is -2.27. The van der Waals surface area contributed by atoms with Gasteiger partial charge in [0.2, 0.25) is 0 Å². The van der Waals surface area contributed by atoms with Crippen LogP contribution < -0.4 is 0 Å². The third kappa shape index (κ3) is 3.14. The van der Waals surface area contributed by atoms with E-state index in [2.05, 4.69) is 47.0 Å². The average Bonchev–Trinajstić information content (AvgIpc) is 2.42. The predicted molar refractivity (Wildman–Crippen MR) is 73.0 cm³/mol. The highest BCUT2D eigenvalue weighted by Crippen LogP contribution is 2.23. The molecule has 3 nitrogen and oxygen atoms in total. The SMILES string of the molecule is CC[C@H](c1ccncc1)N(C)Cc1ccccn1. The van der Waals surface area contributed by atoms with Crippen molar-refractivity contribution in [2.75, 3.05) is 7.05 Å². The second-order valence-electron chi connectivity index (χ2n) is 4.44. The van der Waals surface area contributed by atoms with E-state index in [0.717, 1.165) is 18.7 Å². The molecule has 18 heavy (non-hydrogen) atoms. The lowest BCUT2D eigenvalue weighted by molar-refractivity contribution is 0.227. The van der Waals surface area contributed by atoms with E-state index in [-0.39, 0.29) is 0 Å². The number of aromatic nitrogens is 2. The summed E-state index contributed by atoms with van der Waals surface area (Å²) < 4.78 is 0. The summed E-state index contributed by atoms with van der Waals surface area (Å²) in [6.07, 6.45) is 6.63. The fraction of sp³-hybridized carbons (Fsp3) is 0.333. The van der Waals surface area contributed by atoms with E-state index in [9.17, 15) is 0 Å². The minimum Gasteiger partial charge on any atom is -0.294 e. The minimum absolute atomic E-state index is 0.412. The van der Waals surface area contributed by atoms with E-state index in [0.29, 0.717) is 6.04 Å². The second kappa shape index (κ2) is 6.26. The fourth-order valence-corrected chi connectivity index (χ4v) is 2.24. The number of hydrogen-bond donors (Lipinski definition) is 0. The Labute approximate surface area is 109 Å². The molecular formula is C15H19N3. The van der Waals surface area contributed by atoms with Crippen molar-refractivity contribution in [2.24, 2.45) is 0 Å². The van der Waals surface area contributed by atoms with E-state index in [1.165, 1.54) is 5.56 Å². The molecule has 0 unspecified atom stereocenters. The quantitative estimate of drug-likeness (QED) is 0.805. The van der Waals surface area contributed by atoms with Crippen LogP contribution in [0.1, 0.15) is 30.6 Å². The van der Waals surface area contributed by atoms with Gasteiger partial charge in [-0.15, -0.1) is 0 Å². The molecule has 94 valence electrons. The summed E-state index contributed by atoms with van der Waals surface area (Å²) >= 11 is 0. The van der Waals surface area contributed by atoms with Crippen LogP contribution >= 0.6 is 0 Å². The van der Waals surface area contributed by atoms with Crippen LogP contribution in [0.3, 0.4) is 0 Å². The van der Waals surface area contributed by atoms with E-state index in [1.54, 1.807) is 0 Å². The molecule has 2 rings (SSSR count). The van der Waals surface area contributed by atoms with Crippen LogP contribution in [-0.2, 0) is 6.54 Å². The summed E-state index contributed by atoms with van der Waals surface area (Å²) in [5, 5.41) is 0. The standard InChI is InChI=1S/C15H19N3/c1-3-15(13-7-10-16-11-8-13)18(2)12-14-6-4-5-9-17-14/h4-11,15H,3,12H2,1-2H3/t15-/m1/s1. The van der Waals surface area contributed by atoms with Crippen molar-refractivity contribution in [3.8, 4) is 0 Å². The van der Waals surface area contributed by atoms with Gasteiger partial charge in [0.25, 0.3) is 0 Å². The summed E-state index contributed by atoms with van der Waals surface area (Å²) in [5.74, 6) is 0. The molecule has 2 heterocycles. The van der Waals surface area contributed by atoms with Crippen molar-refractivity contribution in [3.05, 3.63) is 60.2 Å². The topological polar surface area (TPSA) is 29.0 Å². The highest BCUT2D eigenvalue weighted by molar-refractivity contribution is 5.15. The Balaban J connectivity index is 2.09. The molecule has 0 saturated heterocycles. The molecular weight excluding hydrogens is 222 g/mol. The molecule has 0 amide bonds. The number of nitrogens with zero attached hydrogens (tertiary/aromatic N) is 3. The molecule has 0 aliphatic carbocycles. The van der Waals surface area contributed by atoms with Crippen molar-refractivity contribution in [1.82, 2.24) is 14.9 Å². The van der Waals surface area contributed by atoms with Crippen LogP contribution in [0.25, 0.3) is 0 Å². The van der Waals surface area contributed by atoms with Gasteiger partial charge in [0.05, 0.1) is 5.69 Å². The maximum atomic E-state index is 4.38. The molecule has 0 fully saturated rings. The van der Waals surface area contributed by atoms with Crippen molar-refractivity contribution in [3.63, 3.8) is 0 Å². The first kappa shape index (κ1) is 12.7. The van der Waals surface area contributed by atoms with Crippen molar-refractivity contribution in [2.45, 2.75) is 25.9 Å². The van der Waals surface area contributed by atoms with E-state index in [1.807, 2.05) is 30.7 Å². The van der Waals surface area contributed by atoms with Gasteiger partial charge in [0.15, 0.2) is 0 Å². The smallest absolute Gasteiger partial charge is 0.0544 e. The molecule has 0 N–H and O–H groups in total. The number of pyridine rings is 2. The Morgan fingerprint density at radius 1 is 1.11 bits per heavy atom. The van der Waals surface area contributed by atoms with Gasteiger partial charge >= 0.3 is 0 Å². The maximum absolute atomic E-state index is 4.38. The fourth-order valence-electron chi connectivity index (χ4n) is 2.24. The zero-order chi connectivity index (χ0) is 12.8. The summed E-state index contributed by atoms with van der Waals surface area (Å²) in [7, 11) is 2.14. The zero-order valence-electron chi connectivity index (χ0n) is 11.0. The van der Waals surface area contributed by atoms with Gasteiger partial charge in [-0.3, -0.25) is 14.9 Å². The Morgan fingerprint density at radius 2 is 1.89 bits per heavy atom. The summed E-state index contributed by atoms with van der Waals surface area (Å²) in [4.78, 5) is 10.8. The molecule has 1 atom stereocenters. The second-order valence-corrected chi connectivity index (χ2v) is 4.44. The highest BCUT2D eigenvalue weighted by Gasteiger charge is 2.15. The van der Waals surface area contributed by atoms with Gasteiger partial charge in [-0.05, 0) is 43.3 Å². The van der Waals surface area contributed by atoms with Crippen LogP contribution in [0.5, 0.6) is 0 Å².